The van der Waals surface area contributed by atoms with E-state index in [9.17, 15) is 22.0 Å². The Labute approximate surface area is 114 Å². The van der Waals surface area contributed by atoms with Crippen molar-refractivity contribution >= 4 is 0 Å². The molecule has 1 atom stereocenters. The van der Waals surface area contributed by atoms with Gasteiger partial charge in [0.2, 0.25) is 0 Å². The summed E-state index contributed by atoms with van der Waals surface area (Å²) >= 11 is 0. The number of hydrogen-bond acceptors (Lipinski definition) is 1. The van der Waals surface area contributed by atoms with Crippen molar-refractivity contribution in [1.82, 2.24) is 0 Å². The SMILES string of the molecule is CCc1cccc(C(C)(CC(F)(F)C(F)(F)F)OC)c1. The quantitative estimate of drug-likeness (QED) is 0.716. The Morgan fingerprint density at radius 2 is 1.70 bits per heavy atom. The molecule has 1 nitrogen and oxygen atoms in total. The van der Waals surface area contributed by atoms with Gasteiger partial charge in [0.15, 0.2) is 0 Å². The summed E-state index contributed by atoms with van der Waals surface area (Å²) in [5, 5.41) is 0. The van der Waals surface area contributed by atoms with Gasteiger partial charge < -0.3 is 4.74 Å². The molecule has 0 aromatic heterocycles. The van der Waals surface area contributed by atoms with Crippen LogP contribution in [0.2, 0.25) is 0 Å². The summed E-state index contributed by atoms with van der Waals surface area (Å²) in [6, 6.07) is 6.49. The molecular formula is C14H17F5O. The van der Waals surface area contributed by atoms with Crippen molar-refractivity contribution in [3.05, 3.63) is 35.4 Å². The highest BCUT2D eigenvalue weighted by atomic mass is 19.4. The molecule has 0 aliphatic heterocycles. The van der Waals surface area contributed by atoms with Gasteiger partial charge >= 0.3 is 12.1 Å². The van der Waals surface area contributed by atoms with Crippen LogP contribution in [0.3, 0.4) is 0 Å². The number of hydrogen-bond donors (Lipinski definition) is 0. The Balaban J connectivity index is 3.14. The first-order valence-electron chi connectivity index (χ1n) is 6.15. The molecule has 0 bridgehead atoms. The normalized spacial score (nSPS) is 16.0. The van der Waals surface area contributed by atoms with E-state index < -0.39 is 24.1 Å². The van der Waals surface area contributed by atoms with Crippen molar-refractivity contribution < 1.29 is 26.7 Å². The second-order valence-corrected chi connectivity index (χ2v) is 4.87. The number of methoxy groups -OCH3 is 1. The third-order valence-electron chi connectivity index (χ3n) is 3.37. The van der Waals surface area contributed by atoms with E-state index in [1.54, 1.807) is 18.2 Å². The summed E-state index contributed by atoms with van der Waals surface area (Å²) in [7, 11) is 1.13. The molecule has 1 rings (SSSR count). The lowest BCUT2D eigenvalue weighted by molar-refractivity contribution is -0.298. The molecule has 0 radical (unpaired) electrons. The Morgan fingerprint density at radius 3 is 2.15 bits per heavy atom. The lowest BCUT2D eigenvalue weighted by atomic mass is 9.88. The number of aryl methyl sites for hydroxylation is 1. The number of ether oxygens (including phenoxy) is 1. The predicted molar refractivity (Wildman–Crippen MR) is 65.8 cm³/mol. The third-order valence-corrected chi connectivity index (χ3v) is 3.37. The van der Waals surface area contributed by atoms with E-state index in [0.29, 0.717) is 12.0 Å². The van der Waals surface area contributed by atoms with Gasteiger partial charge in [-0.05, 0) is 24.5 Å². The van der Waals surface area contributed by atoms with Crippen LogP contribution in [-0.2, 0) is 16.8 Å². The zero-order valence-electron chi connectivity index (χ0n) is 11.5. The smallest absolute Gasteiger partial charge is 0.374 e. The molecule has 0 saturated carbocycles. The van der Waals surface area contributed by atoms with Gasteiger partial charge in [0.05, 0.1) is 12.0 Å². The first-order chi connectivity index (χ1) is 9.05. The van der Waals surface area contributed by atoms with Crippen molar-refractivity contribution in [3.8, 4) is 0 Å². The molecule has 20 heavy (non-hydrogen) atoms. The zero-order chi connectivity index (χ0) is 15.6. The van der Waals surface area contributed by atoms with Crippen molar-refractivity contribution in [2.75, 3.05) is 7.11 Å². The topological polar surface area (TPSA) is 9.23 Å². The zero-order valence-corrected chi connectivity index (χ0v) is 11.5. The van der Waals surface area contributed by atoms with Gasteiger partial charge in [-0.2, -0.15) is 22.0 Å². The summed E-state index contributed by atoms with van der Waals surface area (Å²) < 4.78 is 68.6. The molecule has 0 amide bonds. The van der Waals surface area contributed by atoms with Gasteiger partial charge in [-0.15, -0.1) is 0 Å². The summed E-state index contributed by atoms with van der Waals surface area (Å²) in [5.74, 6) is -4.81. The van der Waals surface area contributed by atoms with E-state index in [1.165, 1.54) is 13.0 Å². The molecule has 0 fully saturated rings. The standard InChI is InChI=1S/C14H17F5O/c1-4-10-6-5-7-11(8-10)12(2,20-3)9-13(15,16)14(17,18)19/h5-8H,4,9H2,1-3H3. The maximum Gasteiger partial charge on any atom is 0.453 e. The summed E-state index contributed by atoms with van der Waals surface area (Å²) in [6.45, 7) is 3.11. The van der Waals surface area contributed by atoms with Crippen LogP contribution < -0.4 is 0 Å². The second-order valence-electron chi connectivity index (χ2n) is 4.87. The van der Waals surface area contributed by atoms with E-state index >= 15 is 0 Å². The van der Waals surface area contributed by atoms with Gasteiger partial charge in [0.1, 0.15) is 0 Å². The molecule has 0 aliphatic rings. The summed E-state index contributed by atoms with van der Waals surface area (Å²) in [5.41, 5.74) is -0.547. The van der Waals surface area contributed by atoms with E-state index in [1.807, 2.05) is 6.92 Å². The molecule has 1 aromatic rings. The highest BCUT2D eigenvalue weighted by Crippen LogP contribution is 2.45. The van der Waals surface area contributed by atoms with Crippen LogP contribution in [0.1, 0.15) is 31.4 Å². The molecular weight excluding hydrogens is 279 g/mol. The van der Waals surface area contributed by atoms with Crippen LogP contribution in [0.25, 0.3) is 0 Å². The van der Waals surface area contributed by atoms with Crippen LogP contribution in [0.4, 0.5) is 22.0 Å². The fraction of sp³-hybridized carbons (Fsp3) is 0.571. The van der Waals surface area contributed by atoms with Crippen molar-refractivity contribution in [3.63, 3.8) is 0 Å². The molecule has 1 aromatic carbocycles. The maximum absolute atomic E-state index is 13.3. The highest BCUT2D eigenvalue weighted by Gasteiger charge is 2.60. The fourth-order valence-electron chi connectivity index (χ4n) is 1.94. The van der Waals surface area contributed by atoms with E-state index in [2.05, 4.69) is 0 Å². The van der Waals surface area contributed by atoms with Crippen LogP contribution in [0.5, 0.6) is 0 Å². The maximum atomic E-state index is 13.3. The molecule has 0 spiro atoms. The fourth-order valence-corrected chi connectivity index (χ4v) is 1.94. The van der Waals surface area contributed by atoms with Gasteiger partial charge in [-0.3, -0.25) is 0 Å². The van der Waals surface area contributed by atoms with Gasteiger partial charge in [0.25, 0.3) is 0 Å². The molecule has 6 heteroatoms. The minimum Gasteiger partial charge on any atom is -0.374 e. The Bertz CT molecular complexity index is 455. The third kappa shape index (κ3) is 3.48. The largest absolute Gasteiger partial charge is 0.453 e. The van der Waals surface area contributed by atoms with Crippen molar-refractivity contribution in [2.24, 2.45) is 0 Å². The van der Waals surface area contributed by atoms with E-state index in [-0.39, 0.29) is 0 Å². The lowest BCUT2D eigenvalue weighted by Crippen LogP contribution is -2.43. The predicted octanol–water partition coefficient (Wildman–Crippen LogP) is 4.70. The van der Waals surface area contributed by atoms with Crippen LogP contribution in [0, 0.1) is 0 Å². The minimum absolute atomic E-state index is 0.309. The Kier molecular flexibility index (Phi) is 4.79. The average molecular weight is 296 g/mol. The number of rotatable bonds is 5. The Hall–Kier alpha value is -1.17. The number of halogens is 5. The highest BCUT2D eigenvalue weighted by molar-refractivity contribution is 5.28. The average Bonchev–Trinajstić information content (AvgIpc) is 2.37. The van der Waals surface area contributed by atoms with Crippen LogP contribution >= 0.6 is 0 Å². The summed E-state index contributed by atoms with van der Waals surface area (Å²) in [4.78, 5) is 0. The van der Waals surface area contributed by atoms with E-state index in [4.69, 9.17) is 4.74 Å². The van der Waals surface area contributed by atoms with Crippen LogP contribution in [0.15, 0.2) is 24.3 Å². The molecule has 0 N–H and O–H groups in total. The molecule has 0 aliphatic carbocycles. The molecule has 0 saturated heterocycles. The second kappa shape index (κ2) is 5.68. The first-order valence-corrected chi connectivity index (χ1v) is 6.15. The molecule has 1 unspecified atom stereocenters. The number of alkyl halides is 5. The van der Waals surface area contributed by atoms with Crippen LogP contribution in [-0.4, -0.2) is 19.2 Å². The van der Waals surface area contributed by atoms with Gasteiger partial charge in [0, 0.05) is 7.11 Å². The van der Waals surface area contributed by atoms with E-state index in [0.717, 1.165) is 12.7 Å². The Morgan fingerprint density at radius 1 is 1.10 bits per heavy atom. The minimum atomic E-state index is -5.59. The first kappa shape index (κ1) is 16.9. The van der Waals surface area contributed by atoms with Gasteiger partial charge in [-0.25, -0.2) is 0 Å². The lowest BCUT2D eigenvalue weighted by Gasteiger charge is -2.33. The van der Waals surface area contributed by atoms with Crippen molar-refractivity contribution in [1.29, 1.82) is 0 Å². The summed E-state index contributed by atoms with van der Waals surface area (Å²) in [6.07, 6.45) is -6.38. The molecule has 0 heterocycles. The number of benzene rings is 1. The van der Waals surface area contributed by atoms with Crippen molar-refractivity contribution in [2.45, 2.75) is 44.4 Å². The van der Waals surface area contributed by atoms with Gasteiger partial charge in [-0.1, -0.05) is 31.2 Å². The monoisotopic (exact) mass is 296 g/mol. The molecule has 114 valence electrons.